The van der Waals surface area contributed by atoms with Crippen LogP contribution in [-0.2, 0) is 19.6 Å². The molecule has 104 valence electrons. The van der Waals surface area contributed by atoms with Gasteiger partial charge in [-0.2, -0.15) is 0 Å². The molecule has 7 heteroatoms. The van der Waals surface area contributed by atoms with Gasteiger partial charge in [0.2, 0.25) is 10.0 Å². The Kier molecular flexibility index (Phi) is 5.53. The minimum atomic E-state index is -3.46. The van der Waals surface area contributed by atoms with E-state index in [1.807, 2.05) is 0 Å². The average molecular weight is 285 g/mol. The minimum Gasteiger partial charge on any atom is -0.478 e. The van der Waals surface area contributed by atoms with Gasteiger partial charge in [-0.1, -0.05) is 12.1 Å². The van der Waals surface area contributed by atoms with Gasteiger partial charge >= 0.3 is 5.97 Å². The fourth-order valence-corrected chi connectivity index (χ4v) is 2.27. The van der Waals surface area contributed by atoms with Gasteiger partial charge in [0, 0.05) is 18.9 Å². The number of sulfonamides is 1. The Hall–Kier alpha value is -1.86. The van der Waals surface area contributed by atoms with Crippen molar-refractivity contribution in [1.29, 1.82) is 0 Å². The zero-order valence-electron chi connectivity index (χ0n) is 10.4. The van der Waals surface area contributed by atoms with Gasteiger partial charge in [-0.3, -0.25) is 4.72 Å². The smallest absolute Gasteiger partial charge is 0.328 e. The van der Waals surface area contributed by atoms with Crippen LogP contribution in [0.5, 0.6) is 0 Å². The van der Waals surface area contributed by atoms with Crippen LogP contribution >= 0.6 is 0 Å². The summed E-state index contributed by atoms with van der Waals surface area (Å²) in [6.07, 6.45) is 2.37. The molecule has 1 aromatic rings. The van der Waals surface area contributed by atoms with E-state index in [0.717, 1.165) is 6.08 Å². The Morgan fingerprint density at radius 3 is 2.84 bits per heavy atom. The van der Waals surface area contributed by atoms with Gasteiger partial charge in [0.05, 0.1) is 12.4 Å². The normalized spacial score (nSPS) is 11.6. The monoisotopic (exact) mass is 285 g/mol. The lowest BCUT2D eigenvalue weighted by Crippen LogP contribution is -2.19. The number of benzene rings is 1. The second-order valence-electron chi connectivity index (χ2n) is 3.71. The highest BCUT2D eigenvalue weighted by Crippen LogP contribution is 2.13. The largest absolute Gasteiger partial charge is 0.478 e. The van der Waals surface area contributed by atoms with E-state index in [1.54, 1.807) is 24.3 Å². The molecule has 0 aliphatic carbocycles. The van der Waals surface area contributed by atoms with E-state index >= 15 is 0 Å². The number of carboxylic acids is 1. The molecule has 0 radical (unpaired) electrons. The summed E-state index contributed by atoms with van der Waals surface area (Å²) in [4.78, 5) is 10.4. The Morgan fingerprint density at radius 1 is 1.47 bits per heavy atom. The maximum Gasteiger partial charge on any atom is 0.328 e. The molecule has 0 aromatic heterocycles. The standard InChI is InChI=1S/C12H15NO5S/c1-18-7-8-19(16,17)13-11-4-2-3-10(9-11)5-6-12(14)15/h2-6,9,13H,7-8H2,1H3,(H,14,15). The molecule has 0 spiro atoms. The van der Waals surface area contributed by atoms with Crippen molar-refractivity contribution in [2.45, 2.75) is 0 Å². The maximum absolute atomic E-state index is 11.6. The minimum absolute atomic E-state index is 0.105. The van der Waals surface area contributed by atoms with Crippen LogP contribution in [-0.4, -0.2) is 39.0 Å². The van der Waals surface area contributed by atoms with Crippen molar-refractivity contribution in [3.8, 4) is 0 Å². The zero-order chi connectivity index (χ0) is 14.3. The Labute approximate surface area is 111 Å². The van der Waals surface area contributed by atoms with Gasteiger partial charge < -0.3 is 9.84 Å². The van der Waals surface area contributed by atoms with Crippen LogP contribution in [0.2, 0.25) is 0 Å². The number of methoxy groups -OCH3 is 1. The fraction of sp³-hybridized carbons (Fsp3) is 0.250. The molecule has 0 aliphatic heterocycles. The first kappa shape index (κ1) is 15.2. The SMILES string of the molecule is COCCS(=O)(=O)Nc1cccc(C=CC(=O)O)c1. The van der Waals surface area contributed by atoms with E-state index in [1.165, 1.54) is 13.2 Å². The van der Waals surface area contributed by atoms with Crippen molar-refractivity contribution in [2.75, 3.05) is 24.2 Å². The summed E-state index contributed by atoms with van der Waals surface area (Å²) in [6.45, 7) is 0.105. The molecular formula is C12H15NO5S. The van der Waals surface area contributed by atoms with E-state index in [2.05, 4.69) is 4.72 Å². The maximum atomic E-state index is 11.6. The molecule has 19 heavy (non-hydrogen) atoms. The molecule has 0 aliphatic rings. The first-order valence-corrected chi connectivity index (χ1v) is 7.09. The molecule has 1 rings (SSSR count). The van der Waals surface area contributed by atoms with Crippen LogP contribution in [0.25, 0.3) is 6.08 Å². The molecule has 0 bridgehead atoms. The van der Waals surface area contributed by atoms with E-state index in [-0.39, 0.29) is 12.4 Å². The molecule has 1 aromatic carbocycles. The Morgan fingerprint density at radius 2 is 2.21 bits per heavy atom. The summed E-state index contributed by atoms with van der Waals surface area (Å²) < 4.78 is 30.4. The predicted octanol–water partition coefficient (Wildman–Crippen LogP) is 1.17. The number of ether oxygens (including phenoxy) is 1. The Bertz CT molecular complexity index is 565. The van der Waals surface area contributed by atoms with Crippen LogP contribution in [0.4, 0.5) is 5.69 Å². The van der Waals surface area contributed by atoms with Crippen molar-refractivity contribution >= 4 is 27.8 Å². The molecule has 6 nitrogen and oxygen atoms in total. The van der Waals surface area contributed by atoms with Gasteiger partial charge in [-0.25, -0.2) is 13.2 Å². The van der Waals surface area contributed by atoms with Crippen molar-refractivity contribution in [3.05, 3.63) is 35.9 Å². The van der Waals surface area contributed by atoms with Gasteiger partial charge in [-0.15, -0.1) is 0 Å². The summed E-state index contributed by atoms with van der Waals surface area (Å²) in [5, 5.41) is 8.52. The van der Waals surface area contributed by atoms with Crippen molar-refractivity contribution in [3.63, 3.8) is 0 Å². The highest BCUT2D eigenvalue weighted by molar-refractivity contribution is 7.92. The molecular weight excluding hydrogens is 270 g/mol. The number of nitrogens with one attached hydrogen (secondary N) is 1. The Balaban J connectivity index is 2.80. The zero-order valence-corrected chi connectivity index (χ0v) is 11.2. The summed E-state index contributed by atoms with van der Waals surface area (Å²) >= 11 is 0. The second-order valence-corrected chi connectivity index (χ2v) is 5.55. The van der Waals surface area contributed by atoms with Crippen molar-refractivity contribution < 1.29 is 23.1 Å². The number of anilines is 1. The summed E-state index contributed by atoms with van der Waals surface area (Å²) in [6, 6.07) is 6.44. The molecule has 0 atom stereocenters. The van der Waals surface area contributed by atoms with E-state index in [4.69, 9.17) is 9.84 Å². The number of carbonyl (C=O) groups is 1. The number of hydrogen-bond acceptors (Lipinski definition) is 4. The molecule has 0 amide bonds. The van der Waals surface area contributed by atoms with Gasteiger partial charge in [0.25, 0.3) is 0 Å². The van der Waals surface area contributed by atoms with Gasteiger partial charge in [-0.05, 0) is 23.8 Å². The number of hydrogen-bond donors (Lipinski definition) is 2. The second kappa shape index (κ2) is 6.91. The van der Waals surface area contributed by atoms with E-state index < -0.39 is 16.0 Å². The quantitative estimate of drug-likeness (QED) is 0.734. The third-order valence-electron chi connectivity index (χ3n) is 2.13. The van der Waals surface area contributed by atoms with Crippen molar-refractivity contribution in [2.24, 2.45) is 0 Å². The number of rotatable bonds is 7. The fourth-order valence-electron chi connectivity index (χ4n) is 1.30. The number of aliphatic carboxylic acids is 1. The number of carboxylic acid groups (broad SMARTS) is 1. The molecule has 0 saturated heterocycles. The van der Waals surface area contributed by atoms with Crippen molar-refractivity contribution in [1.82, 2.24) is 0 Å². The summed E-state index contributed by atoms with van der Waals surface area (Å²) in [5.74, 6) is -1.20. The van der Waals surface area contributed by atoms with Crippen LogP contribution < -0.4 is 4.72 Å². The first-order valence-electron chi connectivity index (χ1n) is 5.43. The van der Waals surface area contributed by atoms with E-state index in [9.17, 15) is 13.2 Å². The first-order chi connectivity index (χ1) is 8.93. The van der Waals surface area contributed by atoms with Gasteiger partial charge in [0.1, 0.15) is 0 Å². The summed E-state index contributed by atoms with van der Waals surface area (Å²) in [5.41, 5.74) is 0.970. The van der Waals surface area contributed by atoms with Gasteiger partial charge in [0.15, 0.2) is 0 Å². The lowest BCUT2D eigenvalue weighted by molar-refractivity contribution is -0.131. The molecule has 0 fully saturated rings. The third-order valence-corrected chi connectivity index (χ3v) is 3.39. The van der Waals surface area contributed by atoms with E-state index in [0.29, 0.717) is 11.3 Å². The predicted molar refractivity (Wildman–Crippen MR) is 72.4 cm³/mol. The molecule has 2 N–H and O–H groups in total. The summed E-state index contributed by atoms with van der Waals surface area (Å²) in [7, 11) is -2.04. The average Bonchev–Trinajstić information content (AvgIpc) is 2.34. The highest BCUT2D eigenvalue weighted by atomic mass is 32.2. The van der Waals surface area contributed by atoms with Crippen LogP contribution in [0.15, 0.2) is 30.3 Å². The molecule has 0 heterocycles. The molecule has 0 unspecified atom stereocenters. The van der Waals surface area contributed by atoms with Crippen LogP contribution in [0.1, 0.15) is 5.56 Å². The van der Waals surface area contributed by atoms with Crippen LogP contribution in [0, 0.1) is 0 Å². The lowest BCUT2D eigenvalue weighted by Gasteiger charge is -2.08. The van der Waals surface area contributed by atoms with Crippen LogP contribution in [0.3, 0.4) is 0 Å². The highest BCUT2D eigenvalue weighted by Gasteiger charge is 2.09. The lowest BCUT2D eigenvalue weighted by atomic mass is 10.2. The third kappa shape index (κ3) is 6.03. The molecule has 0 saturated carbocycles. The topological polar surface area (TPSA) is 92.7 Å².